The van der Waals surface area contributed by atoms with E-state index in [0.29, 0.717) is 5.70 Å². The van der Waals surface area contributed by atoms with Gasteiger partial charge >= 0.3 is 5.97 Å². The van der Waals surface area contributed by atoms with Gasteiger partial charge in [-0.15, -0.1) is 23.1 Å². The fourth-order valence-corrected chi connectivity index (χ4v) is 8.25. The molecule has 2 fully saturated rings. The number of methoxy groups -OCH3 is 1. The van der Waals surface area contributed by atoms with Gasteiger partial charge in [-0.1, -0.05) is 6.92 Å². The number of thiazole rings is 1. The Morgan fingerprint density at radius 3 is 2.43 bits per heavy atom. The van der Waals surface area contributed by atoms with E-state index in [0.717, 1.165) is 29.4 Å². The van der Waals surface area contributed by atoms with E-state index in [1.54, 1.807) is 25.6 Å². The highest BCUT2D eigenvalue weighted by Gasteiger charge is 2.60. The Morgan fingerprint density at radius 2 is 1.89 bits per heavy atom. The van der Waals surface area contributed by atoms with Gasteiger partial charge in [0.25, 0.3) is 0 Å². The van der Waals surface area contributed by atoms with Crippen LogP contribution in [-0.4, -0.2) is 79.6 Å². The lowest BCUT2D eigenvalue weighted by Gasteiger charge is -2.46. The molecule has 0 bridgehead atoms. The number of aryl methyl sites for hydroxylation is 4. The number of aliphatic hydroxyl groups excluding tert-OH is 2. The summed E-state index contributed by atoms with van der Waals surface area (Å²) >= 11 is 3.42. The van der Waals surface area contributed by atoms with Crippen molar-refractivity contribution in [3.05, 3.63) is 32.7 Å². The number of imidazole rings is 1. The number of aromatic nitrogens is 2. The van der Waals surface area contributed by atoms with Gasteiger partial charge in [0.2, 0.25) is 5.91 Å². The molecule has 11 heteroatoms. The van der Waals surface area contributed by atoms with Crippen molar-refractivity contribution in [2.24, 2.45) is 11.8 Å². The largest absolute Gasteiger partial charge is 0.464 e. The molecule has 37 heavy (non-hydrogen) atoms. The van der Waals surface area contributed by atoms with Crippen LogP contribution in [0.4, 0.5) is 0 Å². The summed E-state index contributed by atoms with van der Waals surface area (Å²) in [6.45, 7) is 14.5. The van der Waals surface area contributed by atoms with Gasteiger partial charge in [0.05, 0.1) is 37.0 Å². The molecule has 0 spiro atoms. The van der Waals surface area contributed by atoms with E-state index in [-0.39, 0.29) is 29.2 Å². The zero-order valence-corrected chi connectivity index (χ0v) is 24.4. The Bertz CT molecular complexity index is 1230. The lowest BCUT2D eigenvalue weighted by Crippen LogP contribution is -2.63. The van der Waals surface area contributed by atoms with Gasteiger partial charge in [-0.25, -0.2) is 9.78 Å². The molecule has 1 amide bonds. The number of hydrogen-bond donors (Lipinski definition) is 3. The van der Waals surface area contributed by atoms with Crippen LogP contribution in [0.1, 0.15) is 49.3 Å². The minimum atomic E-state index is -0.743. The van der Waals surface area contributed by atoms with Crippen molar-refractivity contribution in [2.45, 2.75) is 84.4 Å². The first-order valence-corrected chi connectivity index (χ1v) is 14.4. The molecule has 2 aromatic rings. The van der Waals surface area contributed by atoms with Crippen LogP contribution in [0.3, 0.4) is 0 Å². The van der Waals surface area contributed by atoms with Crippen molar-refractivity contribution in [2.75, 3.05) is 13.7 Å². The minimum Gasteiger partial charge on any atom is -0.464 e. The average molecular weight is 551 g/mol. The van der Waals surface area contributed by atoms with Crippen molar-refractivity contribution in [1.29, 1.82) is 0 Å². The Hall–Kier alpha value is -1.92. The van der Waals surface area contributed by atoms with Crippen LogP contribution < -0.4 is 5.32 Å². The number of β-lactam (4-membered cyclic amide) rings is 1. The molecule has 3 aliphatic heterocycles. The predicted molar refractivity (Wildman–Crippen MR) is 145 cm³/mol. The maximum Gasteiger partial charge on any atom is 0.355 e. The highest BCUT2D eigenvalue weighted by molar-refractivity contribution is 8.03. The molecule has 9 nitrogen and oxygen atoms in total. The van der Waals surface area contributed by atoms with Gasteiger partial charge in [-0.05, 0) is 48.0 Å². The predicted octanol–water partition coefficient (Wildman–Crippen LogP) is 2.70. The van der Waals surface area contributed by atoms with E-state index in [2.05, 4.69) is 42.4 Å². The van der Waals surface area contributed by atoms with Crippen LogP contribution >= 0.6 is 23.1 Å². The summed E-state index contributed by atoms with van der Waals surface area (Å²) in [7, 11) is 1.31. The van der Waals surface area contributed by atoms with E-state index in [1.807, 2.05) is 18.3 Å². The number of aliphatic hydroxyl groups is 2. The zero-order valence-electron chi connectivity index (χ0n) is 22.7. The van der Waals surface area contributed by atoms with Gasteiger partial charge in [-0.2, -0.15) is 0 Å². The number of nitrogens with one attached hydrogen (secondary N) is 1. The van der Waals surface area contributed by atoms with E-state index in [9.17, 15) is 19.8 Å². The molecule has 5 heterocycles. The molecule has 0 aliphatic carbocycles. The van der Waals surface area contributed by atoms with Gasteiger partial charge in [0, 0.05) is 39.2 Å². The summed E-state index contributed by atoms with van der Waals surface area (Å²) in [4.78, 5) is 34.2. The molecular weight excluding hydrogens is 512 g/mol. The molecule has 0 radical (unpaired) electrons. The van der Waals surface area contributed by atoms with E-state index in [1.165, 1.54) is 27.4 Å². The van der Waals surface area contributed by atoms with Crippen LogP contribution in [0.2, 0.25) is 0 Å². The van der Waals surface area contributed by atoms with Crippen LogP contribution in [0, 0.1) is 39.5 Å². The third-order valence-corrected chi connectivity index (χ3v) is 10.5. The molecule has 3 aliphatic rings. The topological polar surface area (TPSA) is 116 Å². The summed E-state index contributed by atoms with van der Waals surface area (Å²) < 4.78 is 7.14. The third kappa shape index (κ3) is 4.85. The van der Waals surface area contributed by atoms with Crippen LogP contribution in [0.25, 0.3) is 4.83 Å². The lowest BCUT2D eigenvalue weighted by molar-refractivity contribution is -0.163. The number of carbonyl (C=O) groups excluding carboxylic acids is 2. The minimum absolute atomic E-state index is 0.0259. The van der Waals surface area contributed by atoms with Crippen LogP contribution in [-0.2, 0) is 14.3 Å². The number of rotatable bonds is 5. The first kappa shape index (κ1) is 28.1. The number of hydrogen-bond acceptors (Lipinski definition) is 9. The molecular formula is C26H38N4O5S2. The first-order valence-electron chi connectivity index (χ1n) is 12.7. The Morgan fingerprint density at radius 1 is 1.22 bits per heavy atom. The molecule has 5 rings (SSSR count). The van der Waals surface area contributed by atoms with Crippen molar-refractivity contribution in [1.82, 2.24) is 19.6 Å². The summed E-state index contributed by atoms with van der Waals surface area (Å²) in [6.07, 6.45) is -0.375. The van der Waals surface area contributed by atoms with Gasteiger partial charge < -0.3 is 25.2 Å². The highest BCUT2D eigenvalue weighted by Crippen LogP contribution is 2.52. The van der Waals surface area contributed by atoms with Crippen molar-refractivity contribution in [3.8, 4) is 0 Å². The number of ether oxygens (including phenoxy) is 1. The van der Waals surface area contributed by atoms with E-state index >= 15 is 0 Å². The molecule has 7 atom stereocenters. The molecule has 204 valence electrons. The number of esters is 1. The van der Waals surface area contributed by atoms with Gasteiger partial charge in [0.1, 0.15) is 16.4 Å². The fourth-order valence-electron chi connectivity index (χ4n) is 5.68. The normalized spacial score (nSPS) is 28.6. The Balaban J connectivity index is 0.000000222. The maximum atomic E-state index is 12.5. The third-order valence-electron chi connectivity index (χ3n) is 7.75. The molecule has 6 unspecified atom stereocenters. The highest BCUT2D eigenvalue weighted by atomic mass is 32.2. The maximum absolute atomic E-state index is 12.5. The fraction of sp³-hybridized carbons (Fsp3) is 0.654. The zero-order chi connectivity index (χ0) is 27.3. The van der Waals surface area contributed by atoms with Gasteiger partial charge in [-0.3, -0.25) is 9.20 Å². The number of fused-ring (bicyclic) bond motifs is 2. The van der Waals surface area contributed by atoms with E-state index < -0.39 is 24.1 Å². The van der Waals surface area contributed by atoms with Crippen LogP contribution in [0.15, 0.2) is 10.6 Å². The van der Waals surface area contributed by atoms with Crippen molar-refractivity contribution in [3.63, 3.8) is 0 Å². The molecule has 0 saturated carbocycles. The number of thioether (sulfide) groups is 1. The van der Waals surface area contributed by atoms with Gasteiger partial charge in [0.15, 0.2) is 0 Å². The van der Waals surface area contributed by atoms with Crippen LogP contribution in [0.5, 0.6) is 0 Å². The lowest BCUT2D eigenvalue weighted by atomic mass is 9.79. The molecule has 2 saturated heterocycles. The standard InChI is InChI=1S/C17H26N2O5S.C9H12N2S/c1-7-13-12(9(3)21)16(22)19(13)14(17(23)24-4)15(7)25-10-5-11(8(2)20)18-6-10;1-5-9-11(8(4)10-5)6(2)7(3)12-9/h7-13,18,20-21H,5-6H2,1-4H3;1-4H3/t7-,8?,9?,10?,11?,12?,13?;/m1./s1. The monoisotopic (exact) mass is 550 g/mol. The first-order chi connectivity index (χ1) is 17.4. The summed E-state index contributed by atoms with van der Waals surface area (Å²) in [5.74, 6) is -0.118. The second-order valence-electron chi connectivity index (χ2n) is 10.3. The molecule has 2 aromatic heterocycles. The number of carbonyl (C=O) groups is 2. The Labute approximate surface area is 226 Å². The quantitative estimate of drug-likeness (QED) is 0.385. The number of amides is 1. The summed E-state index contributed by atoms with van der Waals surface area (Å²) in [6, 6.07) is -0.147. The SMILES string of the molecule is COC(=O)C1=C(SC2CNC(C(C)O)C2)[C@H](C)C2C(C(C)O)C(=O)N12.Cc1sc2c(C)nc(C)n2c1C. The molecule has 3 N–H and O–H groups in total. The second kappa shape index (κ2) is 10.7. The smallest absolute Gasteiger partial charge is 0.355 e. The average Bonchev–Trinajstić information content (AvgIpc) is 3.55. The summed E-state index contributed by atoms with van der Waals surface area (Å²) in [5.41, 5.74) is 2.80. The Kier molecular flexibility index (Phi) is 8.11. The summed E-state index contributed by atoms with van der Waals surface area (Å²) in [5, 5.41) is 23.2. The molecule has 0 aromatic carbocycles. The van der Waals surface area contributed by atoms with E-state index in [4.69, 9.17) is 4.74 Å². The second-order valence-corrected chi connectivity index (χ2v) is 12.9. The van der Waals surface area contributed by atoms with Crippen molar-refractivity contribution < 1.29 is 24.5 Å². The number of nitrogens with zero attached hydrogens (tertiary/aromatic N) is 3. The van der Waals surface area contributed by atoms with Crippen molar-refractivity contribution >= 4 is 39.8 Å².